The number of fused-ring (bicyclic) bond motifs is 2. The Labute approximate surface area is 129 Å². The van der Waals surface area contributed by atoms with Gasteiger partial charge in [0.05, 0.1) is 30.0 Å². The van der Waals surface area contributed by atoms with E-state index in [0.29, 0.717) is 0 Å². The van der Waals surface area contributed by atoms with Crippen LogP contribution in [0.15, 0.2) is 30.3 Å². The Morgan fingerprint density at radius 3 is 2.00 bits per heavy atom. The van der Waals surface area contributed by atoms with E-state index in [1.807, 2.05) is 0 Å². The Hall–Kier alpha value is 0.380. The summed E-state index contributed by atoms with van der Waals surface area (Å²) in [5.74, 6) is 0. The molecule has 2 fully saturated rings. The molecule has 2 heterocycles. The Morgan fingerprint density at radius 1 is 0.944 bits per heavy atom. The van der Waals surface area contributed by atoms with Crippen molar-refractivity contribution in [2.75, 3.05) is 6.16 Å². The van der Waals surface area contributed by atoms with Crippen LogP contribution in [-0.4, -0.2) is 17.5 Å². The predicted octanol–water partition coefficient (Wildman–Crippen LogP) is 1.46. The maximum Gasteiger partial charge on any atom is 0.0945 e. The summed E-state index contributed by atoms with van der Waals surface area (Å²) in [5, 5.41) is 1.75. The van der Waals surface area contributed by atoms with Crippen molar-refractivity contribution in [2.24, 2.45) is 0 Å². The van der Waals surface area contributed by atoms with E-state index < -0.39 is 7.26 Å². The van der Waals surface area contributed by atoms with Gasteiger partial charge in [-0.05, 0) is 57.6 Å². The molecule has 18 heavy (non-hydrogen) atoms. The summed E-state index contributed by atoms with van der Waals surface area (Å²) < 4.78 is 0. The van der Waals surface area contributed by atoms with Gasteiger partial charge in [0.2, 0.25) is 0 Å². The predicted molar refractivity (Wildman–Crippen MR) is 78.8 cm³/mol. The monoisotopic (exact) mass is 374 g/mol. The van der Waals surface area contributed by atoms with E-state index in [4.69, 9.17) is 0 Å². The second-order valence-corrected chi connectivity index (χ2v) is 10.2. The molecule has 3 rings (SSSR count). The van der Waals surface area contributed by atoms with Gasteiger partial charge in [0.1, 0.15) is 0 Å². The first-order valence-electron chi connectivity index (χ1n) is 7.31. The van der Waals surface area contributed by atoms with Crippen LogP contribution in [0, 0.1) is 0 Å². The Morgan fingerprint density at radius 2 is 1.50 bits per heavy atom. The number of hydrogen-bond donors (Lipinski definition) is 0. The molecule has 0 radical (unpaired) electrons. The summed E-state index contributed by atoms with van der Waals surface area (Å²) in [4.78, 5) is 0. The van der Waals surface area contributed by atoms with Crippen molar-refractivity contribution in [3.63, 3.8) is 0 Å². The van der Waals surface area contributed by atoms with Gasteiger partial charge in [-0.15, -0.1) is 0 Å². The van der Waals surface area contributed by atoms with Crippen LogP contribution < -0.4 is 29.3 Å². The summed E-state index contributed by atoms with van der Waals surface area (Å²) in [5.41, 5.74) is 2.14. The summed E-state index contributed by atoms with van der Waals surface area (Å²) in [6.07, 6.45) is 10.5. The van der Waals surface area contributed by atoms with Gasteiger partial charge in [-0.2, -0.15) is 0 Å². The van der Waals surface area contributed by atoms with Crippen LogP contribution in [0.1, 0.15) is 45.4 Å². The first kappa shape index (κ1) is 14.8. The molecular weight excluding hydrogens is 350 g/mol. The Kier molecular flexibility index (Phi) is 5.11. The van der Waals surface area contributed by atoms with Crippen LogP contribution in [0.4, 0.5) is 0 Å². The van der Waals surface area contributed by atoms with Crippen molar-refractivity contribution in [1.29, 1.82) is 0 Å². The van der Waals surface area contributed by atoms with Gasteiger partial charge < -0.3 is 24.0 Å². The molecule has 1 unspecified atom stereocenters. The third-order valence-electron chi connectivity index (χ3n) is 5.22. The first-order chi connectivity index (χ1) is 8.38. The molecule has 3 atom stereocenters. The SMILES string of the molecule is CC[P+]1(c2ccccc2)[C@@H]2CCCC[C@H]1CC2.[I-]. The molecule has 0 spiro atoms. The molecule has 2 bridgehead atoms. The zero-order chi connectivity index (χ0) is 11.7. The van der Waals surface area contributed by atoms with Gasteiger partial charge in [-0.3, -0.25) is 0 Å². The molecule has 2 aliphatic rings. The molecule has 0 amide bonds. The van der Waals surface area contributed by atoms with E-state index in [1.165, 1.54) is 44.7 Å². The largest absolute Gasteiger partial charge is 1.00 e. The maximum absolute atomic E-state index is 2.47. The highest BCUT2D eigenvalue weighted by atomic mass is 127. The van der Waals surface area contributed by atoms with Crippen molar-refractivity contribution in [3.8, 4) is 0 Å². The molecule has 100 valence electrons. The fourth-order valence-corrected chi connectivity index (χ4v) is 10.6. The molecule has 2 aliphatic heterocycles. The van der Waals surface area contributed by atoms with E-state index in [2.05, 4.69) is 37.3 Å². The van der Waals surface area contributed by atoms with Crippen molar-refractivity contribution in [1.82, 2.24) is 0 Å². The zero-order valence-corrected chi connectivity index (χ0v) is 14.4. The van der Waals surface area contributed by atoms with Crippen molar-refractivity contribution in [2.45, 2.75) is 56.8 Å². The lowest BCUT2D eigenvalue weighted by atomic mass is 10.0. The van der Waals surface area contributed by atoms with Crippen LogP contribution in [0.2, 0.25) is 0 Å². The minimum absolute atomic E-state index is 0. The minimum atomic E-state index is -0.838. The first-order valence-corrected chi connectivity index (χ1v) is 9.42. The van der Waals surface area contributed by atoms with Crippen LogP contribution >= 0.6 is 7.26 Å². The summed E-state index contributed by atoms with van der Waals surface area (Å²) in [7, 11) is -0.838. The number of benzene rings is 1. The Bertz CT molecular complexity index is 362. The van der Waals surface area contributed by atoms with Gasteiger partial charge in [-0.25, -0.2) is 0 Å². The second kappa shape index (κ2) is 6.22. The van der Waals surface area contributed by atoms with Crippen LogP contribution in [-0.2, 0) is 0 Å². The van der Waals surface area contributed by atoms with E-state index in [9.17, 15) is 0 Å². The van der Waals surface area contributed by atoms with Crippen molar-refractivity contribution in [3.05, 3.63) is 30.3 Å². The fraction of sp³-hybridized carbons (Fsp3) is 0.625. The third kappa shape index (κ3) is 2.26. The smallest absolute Gasteiger partial charge is 0.0945 e. The number of hydrogen-bond acceptors (Lipinski definition) is 0. The van der Waals surface area contributed by atoms with Crippen LogP contribution in [0.5, 0.6) is 0 Å². The van der Waals surface area contributed by atoms with E-state index >= 15 is 0 Å². The van der Waals surface area contributed by atoms with Crippen LogP contribution in [0.25, 0.3) is 0 Å². The fourth-order valence-electron chi connectivity index (χ4n) is 4.48. The lowest BCUT2D eigenvalue weighted by Gasteiger charge is -2.31. The van der Waals surface area contributed by atoms with E-state index in [-0.39, 0.29) is 24.0 Å². The van der Waals surface area contributed by atoms with Gasteiger partial charge in [0.15, 0.2) is 0 Å². The van der Waals surface area contributed by atoms with Gasteiger partial charge in [0, 0.05) is 0 Å². The molecule has 0 N–H and O–H groups in total. The lowest BCUT2D eigenvalue weighted by molar-refractivity contribution is -0.00000349. The normalized spacial score (nSPS) is 34.7. The molecule has 1 aromatic carbocycles. The topological polar surface area (TPSA) is 0 Å². The third-order valence-corrected chi connectivity index (χ3v) is 11.2. The highest BCUT2D eigenvalue weighted by molar-refractivity contribution is 7.84. The number of rotatable bonds is 2. The average Bonchev–Trinajstić information content (AvgIpc) is 2.60. The van der Waals surface area contributed by atoms with Gasteiger partial charge in [-0.1, -0.05) is 18.2 Å². The minimum Gasteiger partial charge on any atom is -1.00 e. The quantitative estimate of drug-likeness (QED) is 0.543. The molecule has 0 aliphatic carbocycles. The lowest BCUT2D eigenvalue weighted by Crippen LogP contribution is -3.00. The summed E-state index contributed by atoms with van der Waals surface area (Å²) >= 11 is 0. The van der Waals surface area contributed by atoms with E-state index in [1.54, 1.807) is 5.30 Å². The standard InChI is InChI=1S/C16H24P.HI/c1-2-17(14-8-4-3-5-9-14)15-10-6-7-11-16(17)13-12-15;/h3-5,8-9,15-16H,2,6-7,10-13H2,1H3;1H/q+1;/p-1/t15-,16+,17?;. The van der Waals surface area contributed by atoms with Gasteiger partial charge in [0.25, 0.3) is 0 Å². The number of halogens is 1. The molecule has 0 saturated carbocycles. The zero-order valence-electron chi connectivity index (χ0n) is 11.3. The van der Waals surface area contributed by atoms with Crippen molar-refractivity contribution >= 4 is 12.6 Å². The molecular formula is C16H24IP. The van der Waals surface area contributed by atoms with Crippen molar-refractivity contribution < 1.29 is 24.0 Å². The van der Waals surface area contributed by atoms with E-state index in [0.717, 1.165) is 11.3 Å². The Balaban J connectivity index is 0.00000120. The molecule has 2 saturated heterocycles. The second-order valence-electron chi connectivity index (χ2n) is 5.75. The maximum atomic E-state index is 2.47. The van der Waals surface area contributed by atoms with Gasteiger partial charge >= 0.3 is 0 Å². The molecule has 0 aromatic heterocycles. The summed E-state index contributed by atoms with van der Waals surface area (Å²) in [6.45, 7) is 2.47. The highest BCUT2D eigenvalue weighted by Gasteiger charge is 2.57. The highest BCUT2D eigenvalue weighted by Crippen LogP contribution is 2.74. The van der Waals surface area contributed by atoms with Crippen LogP contribution in [0.3, 0.4) is 0 Å². The molecule has 2 heteroatoms. The molecule has 0 nitrogen and oxygen atoms in total. The summed E-state index contributed by atoms with van der Waals surface area (Å²) in [6, 6.07) is 11.6. The average molecular weight is 374 g/mol. The molecule has 1 aromatic rings.